The van der Waals surface area contributed by atoms with Crippen LogP contribution in [0.3, 0.4) is 0 Å². The maximum absolute atomic E-state index is 12.7. The Bertz CT molecular complexity index is 928. The molecule has 0 bridgehead atoms. The number of aryl methyl sites for hydroxylation is 1. The van der Waals surface area contributed by atoms with Gasteiger partial charge in [0.1, 0.15) is 22.8 Å². The molecule has 1 fully saturated rings. The molecule has 3 aromatic heterocycles. The quantitative estimate of drug-likeness (QED) is 0.747. The number of amides is 1. The first-order valence-corrected chi connectivity index (χ1v) is 9.91. The van der Waals surface area contributed by atoms with E-state index in [2.05, 4.69) is 32.1 Å². The number of hydrogen-bond acceptors (Lipinski definition) is 6. The molecule has 0 saturated carbocycles. The summed E-state index contributed by atoms with van der Waals surface area (Å²) >= 11 is 1.36. The number of thiazole rings is 1. The first kappa shape index (κ1) is 17.7. The normalized spacial score (nSPS) is 15.1. The highest BCUT2D eigenvalue weighted by molar-refractivity contribution is 7.16. The zero-order chi connectivity index (χ0) is 18.8. The number of carbonyl (C=O) groups is 1. The molecule has 0 atom stereocenters. The smallest absolute Gasteiger partial charge is 0.268 e. The second-order valence-electron chi connectivity index (χ2n) is 6.89. The van der Waals surface area contributed by atoms with Gasteiger partial charge in [0.25, 0.3) is 5.91 Å². The fourth-order valence-electron chi connectivity index (χ4n) is 3.16. The van der Waals surface area contributed by atoms with Crippen molar-refractivity contribution in [1.29, 1.82) is 0 Å². The van der Waals surface area contributed by atoms with Crippen LogP contribution in [0.2, 0.25) is 0 Å². The number of rotatable bonds is 4. The molecule has 1 N–H and O–H groups in total. The molecule has 140 valence electrons. The van der Waals surface area contributed by atoms with Crippen molar-refractivity contribution in [2.75, 3.05) is 23.3 Å². The molecule has 1 amide bonds. The summed E-state index contributed by atoms with van der Waals surface area (Å²) in [5, 5.41) is 3.66. The highest BCUT2D eigenvalue weighted by Gasteiger charge is 2.19. The van der Waals surface area contributed by atoms with Gasteiger partial charge in [-0.2, -0.15) is 0 Å². The van der Waals surface area contributed by atoms with Crippen LogP contribution in [0.25, 0.3) is 5.13 Å². The number of carbonyl (C=O) groups excluding carboxylic acids is 1. The van der Waals surface area contributed by atoms with Crippen molar-refractivity contribution in [2.24, 2.45) is 5.92 Å². The van der Waals surface area contributed by atoms with Gasteiger partial charge < -0.3 is 14.8 Å². The molecule has 1 saturated heterocycles. The summed E-state index contributed by atoms with van der Waals surface area (Å²) in [6.45, 7) is 6.10. The molecular weight excluding hydrogens is 360 g/mol. The third-order valence-corrected chi connectivity index (χ3v) is 5.99. The summed E-state index contributed by atoms with van der Waals surface area (Å²) in [4.78, 5) is 28.6. The van der Waals surface area contributed by atoms with Crippen LogP contribution in [0.5, 0.6) is 0 Å². The van der Waals surface area contributed by atoms with Gasteiger partial charge in [-0.15, -0.1) is 0 Å². The van der Waals surface area contributed by atoms with Crippen molar-refractivity contribution in [1.82, 2.24) is 19.5 Å². The molecule has 1 aliphatic heterocycles. The van der Waals surface area contributed by atoms with Gasteiger partial charge in [-0.3, -0.25) is 4.79 Å². The van der Waals surface area contributed by atoms with Crippen molar-refractivity contribution in [2.45, 2.75) is 26.7 Å². The van der Waals surface area contributed by atoms with Crippen LogP contribution in [0.4, 0.5) is 11.6 Å². The largest absolute Gasteiger partial charge is 0.356 e. The van der Waals surface area contributed by atoms with Crippen LogP contribution < -0.4 is 10.2 Å². The molecule has 0 unspecified atom stereocenters. The number of anilines is 2. The lowest BCUT2D eigenvalue weighted by atomic mass is 9.99. The first-order chi connectivity index (χ1) is 13.1. The molecule has 0 aromatic carbocycles. The van der Waals surface area contributed by atoms with E-state index >= 15 is 0 Å². The number of nitrogens with one attached hydrogen (secondary N) is 1. The van der Waals surface area contributed by atoms with E-state index in [1.165, 1.54) is 17.7 Å². The maximum atomic E-state index is 12.7. The minimum atomic E-state index is -0.194. The van der Waals surface area contributed by atoms with Gasteiger partial charge >= 0.3 is 0 Å². The van der Waals surface area contributed by atoms with E-state index in [9.17, 15) is 4.79 Å². The lowest BCUT2D eigenvalue weighted by Crippen LogP contribution is -2.33. The van der Waals surface area contributed by atoms with Crippen LogP contribution in [-0.4, -0.2) is 38.5 Å². The fraction of sp³-hybridized carbons (Fsp3) is 0.368. The molecule has 27 heavy (non-hydrogen) atoms. The second kappa shape index (κ2) is 7.48. The molecule has 4 heterocycles. The molecule has 3 aromatic rings. The Morgan fingerprint density at radius 2 is 1.96 bits per heavy atom. The van der Waals surface area contributed by atoms with Crippen molar-refractivity contribution in [3.8, 4) is 5.13 Å². The van der Waals surface area contributed by atoms with Crippen molar-refractivity contribution in [3.05, 3.63) is 47.5 Å². The van der Waals surface area contributed by atoms with Gasteiger partial charge in [0, 0.05) is 31.5 Å². The summed E-state index contributed by atoms with van der Waals surface area (Å²) < 4.78 is 1.90. The molecule has 8 heteroatoms. The summed E-state index contributed by atoms with van der Waals surface area (Å²) in [6.07, 6.45) is 7.65. The maximum Gasteiger partial charge on any atom is 0.268 e. The number of hydrogen-bond donors (Lipinski definition) is 1. The van der Waals surface area contributed by atoms with Crippen LogP contribution in [-0.2, 0) is 0 Å². The topological polar surface area (TPSA) is 75.9 Å². The van der Waals surface area contributed by atoms with Crippen LogP contribution in [0.15, 0.2) is 36.9 Å². The molecule has 4 rings (SSSR count). The van der Waals surface area contributed by atoms with Crippen molar-refractivity contribution < 1.29 is 4.79 Å². The molecule has 0 spiro atoms. The van der Waals surface area contributed by atoms with Gasteiger partial charge in [-0.25, -0.2) is 15.0 Å². The van der Waals surface area contributed by atoms with Gasteiger partial charge in [-0.1, -0.05) is 18.3 Å². The average Bonchev–Trinajstić information content (AvgIpc) is 3.32. The lowest BCUT2D eigenvalue weighted by Gasteiger charge is -2.31. The van der Waals surface area contributed by atoms with E-state index in [1.54, 1.807) is 0 Å². The fourth-order valence-corrected chi connectivity index (χ4v) is 4.09. The van der Waals surface area contributed by atoms with Crippen molar-refractivity contribution >= 4 is 28.9 Å². The zero-order valence-corrected chi connectivity index (χ0v) is 16.2. The number of piperidine rings is 1. The Morgan fingerprint density at radius 1 is 1.22 bits per heavy atom. The second-order valence-corrected chi connectivity index (χ2v) is 7.86. The van der Waals surface area contributed by atoms with E-state index in [-0.39, 0.29) is 5.91 Å². The monoisotopic (exact) mass is 382 g/mol. The Labute approximate surface area is 162 Å². The molecule has 0 radical (unpaired) electrons. The van der Waals surface area contributed by atoms with Gasteiger partial charge in [0.05, 0.1) is 5.69 Å². The number of aromatic nitrogens is 4. The Morgan fingerprint density at radius 3 is 2.70 bits per heavy atom. The van der Waals surface area contributed by atoms with Gasteiger partial charge in [0.2, 0.25) is 0 Å². The number of nitrogens with zero attached hydrogens (tertiary/aromatic N) is 5. The molecular formula is C19H22N6OS. The van der Waals surface area contributed by atoms with E-state index in [0.717, 1.165) is 42.8 Å². The lowest BCUT2D eigenvalue weighted by molar-refractivity contribution is 0.102. The van der Waals surface area contributed by atoms with Crippen LogP contribution >= 0.6 is 11.3 Å². The Hall–Kier alpha value is -2.74. The van der Waals surface area contributed by atoms with Gasteiger partial charge in [-0.05, 0) is 37.8 Å². The first-order valence-electron chi connectivity index (χ1n) is 9.09. The van der Waals surface area contributed by atoms with E-state index < -0.39 is 0 Å². The predicted molar refractivity (Wildman–Crippen MR) is 107 cm³/mol. The Kier molecular flexibility index (Phi) is 4.89. The summed E-state index contributed by atoms with van der Waals surface area (Å²) in [5.74, 6) is 1.94. The molecule has 1 aliphatic rings. The highest BCUT2D eigenvalue weighted by Crippen LogP contribution is 2.25. The zero-order valence-electron chi connectivity index (χ0n) is 15.4. The van der Waals surface area contributed by atoms with Gasteiger partial charge in [0.15, 0.2) is 5.13 Å². The third-order valence-electron chi connectivity index (χ3n) is 4.82. The minimum Gasteiger partial charge on any atom is -0.356 e. The van der Waals surface area contributed by atoms with E-state index in [4.69, 9.17) is 0 Å². The van der Waals surface area contributed by atoms with Crippen LogP contribution in [0, 0.1) is 12.8 Å². The Balaban J connectivity index is 1.49. The average molecular weight is 382 g/mol. The summed E-state index contributed by atoms with van der Waals surface area (Å²) in [5.41, 5.74) is 0.709. The van der Waals surface area contributed by atoms with Crippen molar-refractivity contribution in [3.63, 3.8) is 0 Å². The summed E-state index contributed by atoms with van der Waals surface area (Å²) in [7, 11) is 0. The minimum absolute atomic E-state index is 0.194. The predicted octanol–water partition coefficient (Wildman–Crippen LogP) is 3.52. The standard InChI is InChI=1S/C19H22N6OS/c1-13-5-9-24(10-6-13)16-11-15(20-12-21-16)23-18(26)17-14(2)22-19(27-17)25-7-3-4-8-25/h3-4,7-8,11-13H,5-6,9-10H2,1-2H3,(H,20,21,23,26). The summed E-state index contributed by atoms with van der Waals surface area (Å²) in [6, 6.07) is 5.71. The van der Waals surface area contributed by atoms with E-state index in [0.29, 0.717) is 16.4 Å². The molecule has 7 nitrogen and oxygen atoms in total. The molecule has 0 aliphatic carbocycles. The SMILES string of the molecule is Cc1nc(-n2cccc2)sc1C(=O)Nc1cc(N2CCC(C)CC2)ncn1. The van der Waals surface area contributed by atoms with E-state index in [1.807, 2.05) is 42.1 Å². The third kappa shape index (κ3) is 3.85. The highest BCUT2D eigenvalue weighted by atomic mass is 32.1. The van der Waals surface area contributed by atoms with Crippen LogP contribution in [0.1, 0.15) is 35.1 Å².